The van der Waals surface area contributed by atoms with Crippen LogP contribution in [0.3, 0.4) is 0 Å². The summed E-state index contributed by atoms with van der Waals surface area (Å²) in [6, 6.07) is 25.0. The van der Waals surface area contributed by atoms with Crippen LogP contribution in [0.5, 0.6) is 0 Å². The first-order chi connectivity index (χ1) is 15.5. The minimum absolute atomic E-state index is 0.144. The maximum absolute atomic E-state index is 12.4. The molecule has 1 saturated heterocycles. The number of carboxylic acid groups (broad SMARTS) is 1. The van der Waals surface area contributed by atoms with Crippen LogP contribution >= 0.6 is 0 Å². The molecule has 1 fully saturated rings. The van der Waals surface area contributed by atoms with Crippen LogP contribution in [0.25, 0.3) is 10.8 Å². The molecule has 1 aliphatic heterocycles. The summed E-state index contributed by atoms with van der Waals surface area (Å²) in [4.78, 5) is 24.8. The van der Waals surface area contributed by atoms with E-state index in [0.29, 0.717) is 13.1 Å². The number of amides is 1. The molecular formula is C26H28N2O4. The zero-order valence-corrected chi connectivity index (χ0v) is 18.1. The van der Waals surface area contributed by atoms with E-state index >= 15 is 0 Å². The Balaban J connectivity index is 1.48. The molecule has 1 heterocycles. The lowest BCUT2D eigenvalue weighted by Gasteiger charge is -2.23. The molecule has 0 radical (unpaired) electrons. The average molecular weight is 433 g/mol. The number of carbonyl (C=O) groups is 2. The van der Waals surface area contributed by atoms with Crippen LogP contribution in [-0.4, -0.2) is 48.3 Å². The number of carbonyl (C=O) groups excluding carboxylic acids is 1. The van der Waals surface area contributed by atoms with Gasteiger partial charge in [-0.3, -0.25) is 0 Å². The van der Waals surface area contributed by atoms with E-state index in [1.807, 2.05) is 24.3 Å². The lowest BCUT2D eigenvalue weighted by molar-refractivity contribution is -0.140. The van der Waals surface area contributed by atoms with Crippen LogP contribution in [0.15, 0.2) is 72.8 Å². The lowest BCUT2D eigenvalue weighted by Crippen LogP contribution is -2.33. The number of carboxylic acids is 1. The van der Waals surface area contributed by atoms with Crippen molar-refractivity contribution in [1.29, 1.82) is 0 Å². The number of fused-ring (bicyclic) bond motifs is 1. The van der Waals surface area contributed by atoms with E-state index in [1.165, 1.54) is 21.9 Å². The molecule has 0 unspecified atom stereocenters. The Labute approximate surface area is 187 Å². The minimum atomic E-state index is -1.15. The molecule has 6 heteroatoms. The summed E-state index contributed by atoms with van der Waals surface area (Å²) in [6.45, 7) is 3.30. The van der Waals surface area contributed by atoms with Crippen LogP contribution in [0.1, 0.15) is 30.0 Å². The number of benzene rings is 3. The Hall–Kier alpha value is -3.38. The van der Waals surface area contributed by atoms with Crippen LogP contribution in [0.4, 0.5) is 4.79 Å². The molecule has 6 nitrogen and oxygen atoms in total. The fraction of sp³-hybridized carbons (Fsp3) is 0.308. The van der Waals surface area contributed by atoms with Crippen LogP contribution in [0, 0.1) is 5.92 Å². The van der Waals surface area contributed by atoms with Crippen molar-refractivity contribution >= 4 is 22.8 Å². The van der Waals surface area contributed by atoms with Crippen molar-refractivity contribution in [2.45, 2.75) is 18.9 Å². The van der Waals surface area contributed by atoms with Crippen molar-refractivity contribution in [3.63, 3.8) is 0 Å². The highest BCUT2D eigenvalue weighted by molar-refractivity contribution is 5.86. The van der Waals surface area contributed by atoms with Gasteiger partial charge in [0.25, 0.3) is 0 Å². The van der Waals surface area contributed by atoms with Gasteiger partial charge in [0.15, 0.2) is 6.61 Å². The largest absolute Gasteiger partial charge is 0.479 e. The quantitative estimate of drug-likeness (QED) is 0.578. The van der Waals surface area contributed by atoms with Gasteiger partial charge in [0.1, 0.15) is 0 Å². The van der Waals surface area contributed by atoms with E-state index in [0.717, 1.165) is 6.54 Å². The van der Waals surface area contributed by atoms with E-state index in [9.17, 15) is 9.59 Å². The second-order valence-electron chi connectivity index (χ2n) is 8.33. The Morgan fingerprint density at radius 3 is 2.53 bits per heavy atom. The number of likely N-dealkylation sites (tertiary alicyclic amines) is 1. The Bertz CT molecular complexity index is 1080. The van der Waals surface area contributed by atoms with Crippen molar-refractivity contribution in [3.05, 3.63) is 83.9 Å². The van der Waals surface area contributed by atoms with E-state index in [-0.39, 0.29) is 17.9 Å². The van der Waals surface area contributed by atoms with Gasteiger partial charge in [0.05, 0.1) is 0 Å². The summed E-state index contributed by atoms with van der Waals surface area (Å²) in [7, 11) is 0. The predicted molar refractivity (Wildman–Crippen MR) is 124 cm³/mol. The first kappa shape index (κ1) is 21.8. The summed E-state index contributed by atoms with van der Waals surface area (Å²) >= 11 is 0. The maximum Gasteiger partial charge on any atom is 0.410 e. The topological polar surface area (TPSA) is 78.9 Å². The molecule has 0 bridgehead atoms. The highest BCUT2D eigenvalue weighted by atomic mass is 16.6. The third kappa shape index (κ3) is 4.92. The monoisotopic (exact) mass is 432 g/mol. The van der Waals surface area contributed by atoms with Crippen LogP contribution in [-0.2, 0) is 9.53 Å². The third-order valence-corrected chi connectivity index (χ3v) is 6.22. The highest BCUT2D eigenvalue weighted by Crippen LogP contribution is 2.33. The van der Waals surface area contributed by atoms with E-state index < -0.39 is 18.7 Å². The molecule has 166 valence electrons. The van der Waals surface area contributed by atoms with E-state index in [1.54, 1.807) is 4.90 Å². The molecule has 3 aromatic carbocycles. The molecule has 0 aliphatic carbocycles. The van der Waals surface area contributed by atoms with Crippen LogP contribution in [0.2, 0.25) is 0 Å². The number of rotatable bonds is 7. The van der Waals surface area contributed by atoms with Gasteiger partial charge in [0.2, 0.25) is 0 Å². The summed E-state index contributed by atoms with van der Waals surface area (Å²) in [6.07, 6.45) is -0.571. The zero-order valence-electron chi connectivity index (χ0n) is 18.1. The molecule has 1 aliphatic rings. The number of ether oxygens (including phenoxy) is 1. The van der Waals surface area contributed by atoms with Crippen molar-refractivity contribution in [2.75, 3.05) is 26.2 Å². The van der Waals surface area contributed by atoms with Crippen molar-refractivity contribution in [3.8, 4) is 0 Å². The number of hydrogen-bond acceptors (Lipinski definition) is 4. The molecular weight excluding hydrogens is 404 g/mol. The molecule has 32 heavy (non-hydrogen) atoms. The standard InChI is InChI=1S/C26H28N2O4/c1-18(22-13-7-11-19-10-5-6-12-23(19)22)27-14-21-15-28(26(31)32-17-25(29)30)16-24(21)20-8-3-2-4-9-20/h2-13,18,21,24,27H,14-17H2,1H3,(H,29,30)/t18-,21+,24-/m1/s1. The number of nitrogens with one attached hydrogen (secondary N) is 1. The molecule has 3 atom stereocenters. The first-order valence-corrected chi connectivity index (χ1v) is 10.9. The zero-order chi connectivity index (χ0) is 22.5. The smallest absolute Gasteiger partial charge is 0.410 e. The minimum Gasteiger partial charge on any atom is -0.479 e. The number of nitrogens with zero attached hydrogens (tertiary/aromatic N) is 1. The number of hydrogen-bond donors (Lipinski definition) is 2. The second kappa shape index (κ2) is 9.83. The number of aliphatic carboxylic acids is 1. The molecule has 2 N–H and O–H groups in total. The van der Waals surface area contributed by atoms with Gasteiger partial charge < -0.3 is 20.1 Å². The van der Waals surface area contributed by atoms with E-state index in [4.69, 9.17) is 9.84 Å². The molecule has 0 spiro atoms. The maximum atomic E-state index is 12.4. The van der Waals surface area contributed by atoms with Crippen molar-refractivity contribution in [2.24, 2.45) is 5.92 Å². The molecule has 0 aromatic heterocycles. The normalized spacial score (nSPS) is 19.1. The van der Waals surface area contributed by atoms with Gasteiger partial charge in [-0.05, 0) is 34.7 Å². The predicted octanol–water partition coefficient (Wildman–Crippen LogP) is 4.43. The first-order valence-electron chi connectivity index (χ1n) is 10.9. The van der Waals surface area contributed by atoms with Gasteiger partial charge in [-0.2, -0.15) is 0 Å². The fourth-order valence-electron chi connectivity index (χ4n) is 4.59. The van der Waals surface area contributed by atoms with Crippen LogP contribution < -0.4 is 5.32 Å². The third-order valence-electron chi connectivity index (χ3n) is 6.22. The summed E-state index contributed by atoms with van der Waals surface area (Å²) in [5.74, 6) is -0.813. The molecule has 3 aromatic rings. The summed E-state index contributed by atoms with van der Waals surface area (Å²) in [5, 5.41) is 14.9. The highest BCUT2D eigenvalue weighted by Gasteiger charge is 2.37. The fourth-order valence-corrected chi connectivity index (χ4v) is 4.59. The SMILES string of the molecule is C[C@@H](NC[C@H]1CN(C(=O)OCC(=O)O)C[C@@H]1c1ccccc1)c1cccc2ccccc12. The Morgan fingerprint density at radius 1 is 1.03 bits per heavy atom. The summed E-state index contributed by atoms with van der Waals surface area (Å²) < 4.78 is 4.93. The Morgan fingerprint density at radius 2 is 1.75 bits per heavy atom. The molecule has 1 amide bonds. The van der Waals surface area contributed by atoms with Gasteiger partial charge >= 0.3 is 12.1 Å². The van der Waals surface area contributed by atoms with Gasteiger partial charge in [-0.25, -0.2) is 9.59 Å². The van der Waals surface area contributed by atoms with Gasteiger partial charge in [-0.1, -0.05) is 72.8 Å². The average Bonchev–Trinajstić information content (AvgIpc) is 3.25. The van der Waals surface area contributed by atoms with E-state index in [2.05, 4.69) is 60.8 Å². The Kier molecular flexibility index (Phi) is 6.71. The van der Waals surface area contributed by atoms with Gasteiger partial charge in [-0.15, -0.1) is 0 Å². The summed E-state index contributed by atoms with van der Waals surface area (Å²) in [5.41, 5.74) is 2.42. The van der Waals surface area contributed by atoms with Crippen molar-refractivity contribution < 1.29 is 19.4 Å². The molecule has 4 rings (SSSR count). The van der Waals surface area contributed by atoms with Crippen molar-refractivity contribution in [1.82, 2.24) is 10.2 Å². The lowest BCUT2D eigenvalue weighted by atomic mass is 9.88. The van der Waals surface area contributed by atoms with Gasteiger partial charge in [0, 0.05) is 31.6 Å². The second-order valence-corrected chi connectivity index (χ2v) is 8.33. The molecule has 0 saturated carbocycles.